The molecule has 0 saturated carbocycles. The summed E-state index contributed by atoms with van der Waals surface area (Å²) in [5, 5.41) is 10.5. The second-order valence-corrected chi connectivity index (χ2v) is 2.91. The molecule has 0 atom stereocenters. The maximum absolute atomic E-state index is 10.6. The number of para-hydroxylation sites is 1. The lowest BCUT2D eigenvalue weighted by atomic mass is 10.3. The Morgan fingerprint density at radius 3 is 2.54 bits per heavy atom. The molecule has 1 aromatic rings. The molecular formula is C10H13NO2. The third kappa shape index (κ3) is 3.25. The van der Waals surface area contributed by atoms with Crippen LogP contribution in [0.25, 0.3) is 0 Å². The van der Waals surface area contributed by atoms with Crippen LogP contribution in [0.1, 0.15) is 13.3 Å². The van der Waals surface area contributed by atoms with E-state index in [0.717, 1.165) is 5.06 Å². The minimum atomic E-state index is 0.0787. The van der Waals surface area contributed by atoms with Gasteiger partial charge in [-0.15, -0.1) is 0 Å². The molecule has 13 heavy (non-hydrogen) atoms. The fourth-order valence-corrected chi connectivity index (χ4v) is 0.993. The van der Waals surface area contributed by atoms with Gasteiger partial charge in [-0.2, -0.15) is 0 Å². The number of hydrogen-bond acceptors (Lipinski definition) is 3. The first-order valence-electron chi connectivity index (χ1n) is 4.21. The zero-order valence-electron chi connectivity index (χ0n) is 7.60. The van der Waals surface area contributed by atoms with Gasteiger partial charge in [0.2, 0.25) is 0 Å². The number of carbonyl (C=O) groups excluding carboxylic acids is 1. The molecule has 0 radical (unpaired) electrons. The van der Waals surface area contributed by atoms with Crippen molar-refractivity contribution in [2.75, 3.05) is 11.6 Å². The van der Waals surface area contributed by atoms with Gasteiger partial charge in [0.1, 0.15) is 5.78 Å². The van der Waals surface area contributed by atoms with Crippen LogP contribution in [0.4, 0.5) is 5.69 Å². The molecule has 0 saturated heterocycles. The van der Waals surface area contributed by atoms with Crippen LogP contribution in [0, 0.1) is 0 Å². The Kier molecular flexibility index (Phi) is 3.46. The van der Waals surface area contributed by atoms with Crippen LogP contribution in [-0.4, -0.2) is 17.5 Å². The van der Waals surface area contributed by atoms with Gasteiger partial charge in [0, 0.05) is 6.42 Å². The molecule has 0 unspecified atom stereocenters. The number of benzene rings is 1. The van der Waals surface area contributed by atoms with Gasteiger partial charge < -0.3 is 0 Å². The average molecular weight is 179 g/mol. The number of nitrogens with zero attached hydrogens (tertiary/aromatic N) is 1. The first-order valence-corrected chi connectivity index (χ1v) is 4.21. The van der Waals surface area contributed by atoms with Crippen LogP contribution < -0.4 is 5.06 Å². The summed E-state index contributed by atoms with van der Waals surface area (Å²) in [5.74, 6) is 0.0787. The summed E-state index contributed by atoms with van der Waals surface area (Å²) in [6.07, 6.45) is 0.366. The van der Waals surface area contributed by atoms with E-state index in [9.17, 15) is 10.0 Å². The van der Waals surface area contributed by atoms with E-state index in [1.165, 1.54) is 6.92 Å². The van der Waals surface area contributed by atoms with Crippen molar-refractivity contribution in [1.82, 2.24) is 0 Å². The van der Waals surface area contributed by atoms with Gasteiger partial charge in [-0.3, -0.25) is 15.1 Å². The van der Waals surface area contributed by atoms with Gasteiger partial charge >= 0.3 is 0 Å². The Labute approximate surface area is 77.6 Å². The summed E-state index contributed by atoms with van der Waals surface area (Å²) in [6, 6.07) is 9.14. The van der Waals surface area contributed by atoms with Crippen molar-refractivity contribution in [1.29, 1.82) is 0 Å². The smallest absolute Gasteiger partial charge is 0.131 e. The minimum absolute atomic E-state index is 0.0787. The Morgan fingerprint density at radius 1 is 1.38 bits per heavy atom. The number of hydrogen-bond donors (Lipinski definition) is 1. The van der Waals surface area contributed by atoms with Gasteiger partial charge in [-0.25, -0.2) is 0 Å². The Bertz CT molecular complexity index is 272. The first kappa shape index (κ1) is 9.74. The predicted molar refractivity (Wildman–Crippen MR) is 50.9 cm³/mol. The van der Waals surface area contributed by atoms with Crippen molar-refractivity contribution in [3.63, 3.8) is 0 Å². The van der Waals surface area contributed by atoms with Crippen molar-refractivity contribution in [3.05, 3.63) is 30.3 Å². The van der Waals surface area contributed by atoms with Gasteiger partial charge in [0.25, 0.3) is 0 Å². The molecule has 0 aromatic heterocycles. The molecule has 0 aliphatic heterocycles. The molecule has 70 valence electrons. The van der Waals surface area contributed by atoms with E-state index in [0.29, 0.717) is 18.7 Å². The Hall–Kier alpha value is -1.35. The summed E-state index contributed by atoms with van der Waals surface area (Å²) >= 11 is 0. The third-order valence-corrected chi connectivity index (χ3v) is 1.73. The highest BCUT2D eigenvalue weighted by Crippen LogP contribution is 2.10. The van der Waals surface area contributed by atoms with E-state index in [2.05, 4.69) is 0 Å². The minimum Gasteiger partial charge on any atom is -0.300 e. The molecule has 0 aliphatic carbocycles. The predicted octanol–water partition coefficient (Wildman–Crippen LogP) is 1.86. The normalized spacial score (nSPS) is 9.69. The SMILES string of the molecule is CC(=O)CCN(O)c1ccccc1. The lowest BCUT2D eigenvalue weighted by Gasteiger charge is -2.15. The van der Waals surface area contributed by atoms with E-state index in [1.54, 1.807) is 12.1 Å². The maximum Gasteiger partial charge on any atom is 0.131 e. The molecule has 1 aromatic carbocycles. The molecule has 3 heteroatoms. The first-order chi connectivity index (χ1) is 6.20. The number of hydroxylamine groups is 1. The van der Waals surface area contributed by atoms with Crippen LogP contribution in [0.5, 0.6) is 0 Å². The van der Waals surface area contributed by atoms with Crippen LogP contribution >= 0.6 is 0 Å². The molecule has 0 heterocycles. The molecule has 1 N–H and O–H groups in total. The molecule has 3 nitrogen and oxygen atoms in total. The highest BCUT2D eigenvalue weighted by atomic mass is 16.5. The third-order valence-electron chi connectivity index (χ3n) is 1.73. The van der Waals surface area contributed by atoms with E-state index < -0.39 is 0 Å². The highest BCUT2D eigenvalue weighted by Gasteiger charge is 2.02. The number of anilines is 1. The fourth-order valence-electron chi connectivity index (χ4n) is 0.993. The number of Topliss-reactive ketones (excluding diaryl/α,β-unsaturated/α-hetero) is 1. The van der Waals surface area contributed by atoms with E-state index in [-0.39, 0.29) is 5.78 Å². The van der Waals surface area contributed by atoms with E-state index >= 15 is 0 Å². The molecular weight excluding hydrogens is 166 g/mol. The van der Waals surface area contributed by atoms with Crippen molar-refractivity contribution in [2.24, 2.45) is 0 Å². The highest BCUT2D eigenvalue weighted by molar-refractivity contribution is 5.76. The van der Waals surface area contributed by atoms with Crippen LogP contribution in [0.2, 0.25) is 0 Å². The van der Waals surface area contributed by atoms with Crippen molar-refractivity contribution in [3.8, 4) is 0 Å². The summed E-state index contributed by atoms with van der Waals surface area (Å²) < 4.78 is 0. The molecule has 0 aliphatic rings. The quantitative estimate of drug-likeness (QED) is 0.717. The summed E-state index contributed by atoms with van der Waals surface area (Å²) in [5.41, 5.74) is 0.712. The monoisotopic (exact) mass is 179 g/mol. The van der Waals surface area contributed by atoms with Gasteiger partial charge in [-0.05, 0) is 19.1 Å². The summed E-state index contributed by atoms with van der Waals surface area (Å²) in [6.45, 7) is 1.86. The second kappa shape index (κ2) is 4.62. The van der Waals surface area contributed by atoms with Gasteiger partial charge in [0.15, 0.2) is 0 Å². The second-order valence-electron chi connectivity index (χ2n) is 2.91. The Balaban J connectivity index is 2.49. The molecule has 0 fully saturated rings. The largest absolute Gasteiger partial charge is 0.300 e. The summed E-state index contributed by atoms with van der Waals surface area (Å²) in [7, 11) is 0. The van der Waals surface area contributed by atoms with E-state index in [1.807, 2.05) is 18.2 Å². The van der Waals surface area contributed by atoms with Gasteiger partial charge in [-0.1, -0.05) is 18.2 Å². The topological polar surface area (TPSA) is 40.5 Å². The van der Waals surface area contributed by atoms with Crippen LogP contribution in [0.3, 0.4) is 0 Å². The standard InChI is InChI=1S/C10H13NO2/c1-9(12)7-8-11(13)10-5-3-2-4-6-10/h2-6,13H,7-8H2,1H3. The number of carbonyl (C=O) groups is 1. The van der Waals surface area contributed by atoms with Gasteiger partial charge in [0.05, 0.1) is 12.2 Å². The van der Waals surface area contributed by atoms with Crippen molar-refractivity contribution in [2.45, 2.75) is 13.3 Å². The fraction of sp³-hybridized carbons (Fsp3) is 0.300. The van der Waals surface area contributed by atoms with Crippen LogP contribution in [-0.2, 0) is 4.79 Å². The zero-order valence-corrected chi connectivity index (χ0v) is 7.60. The number of ketones is 1. The molecule has 0 amide bonds. The van der Waals surface area contributed by atoms with Crippen molar-refractivity contribution >= 4 is 11.5 Å². The molecule has 0 spiro atoms. The zero-order chi connectivity index (χ0) is 9.68. The maximum atomic E-state index is 10.6. The average Bonchev–Trinajstić information content (AvgIpc) is 2.15. The lowest BCUT2D eigenvalue weighted by molar-refractivity contribution is -0.117. The van der Waals surface area contributed by atoms with Crippen LogP contribution in [0.15, 0.2) is 30.3 Å². The summed E-state index contributed by atoms with van der Waals surface area (Å²) in [4.78, 5) is 10.6. The van der Waals surface area contributed by atoms with E-state index in [4.69, 9.17) is 0 Å². The molecule has 0 bridgehead atoms. The Morgan fingerprint density at radius 2 is 2.00 bits per heavy atom. The lowest BCUT2D eigenvalue weighted by Crippen LogP contribution is -2.20. The van der Waals surface area contributed by atoms with Crippen molar-refractivity contribution < 1.29 is 10.0 Å². The number of rotatable bonds is 4. The molecule has 1 rings (SSSR count).